The number of carbonyl (C=O) groups is 3. The Kier molecular flexibility index (Phi) is 7.02. The van der Waals surface area contributed by atoms with Gasteiger partial charge >= 0.3 is 12.1 Å². The fourth-order valence-corrected chi connectivity index (χ4v) is 1.21. The molecule has 7 heteroatoms. The molecule has 2 amide bonds. The van der Waals surface area contributed by atoms with Crippen LogP contribution in [-0.2, 0) is 19.1 Å². The lowest BCUT2D eigenvalue weighted by Gasteiger charge is -2.22. The fraction of sp³-hybridized carbons (Fsp3) is 0.769. The van der Waals surface area contributed by atoms with E-state index in [1.807, 2.05) is 0 Å². The second kappa shape index (κ2) is 7.72. The molecule has 0 bridgehead atoms. The van der Waals surface area contributed by atoms with Gasteiger partial charge in [0.2, 0.25) is 5.91 Å². The molecule has 20 heavy (non-hydrogen) atoms. The van der Waals surface area contributed by atoms with Crippen molar-refractivity contribution < 1.29 is 23.9 Å². The van der Waals surface area contributed by atoms with Crippen LogP contribution in [0.25, 0.3) is 0 Å². The van der Waals surface area contributed by atoms with Crippen molar-refractivity contribution in [2.24, 2.45) is 0 Å². The summed E-state index contributed by atoms with van der Waals surface area (Å²) in [4.78, 5) is 34.6. The summed E-state index contributed by atoms with van der Waals surface area (Å²) < 4.78 is 9.79. The number of nitrogens with one attached hydrogen (secondary N) is 2. The number of carbonyl (C=O) groups excluding carboxylic acids is 3. The maximum Gasteiger partial charge on any atom is 0.408 e. The fourth-order valence-electron chi connectivity index (χ4n) is 1.21. The van der Waals surface area contributed by atoms with E-state index in [0.29, 0.717) is 0 Å². The molecule has 2 atom stereocenters. The number of rotatable bonds is 5. The van der Waals surface area contributed by atoms with Crippen molar-refractivity contribution in [3.05, 3.63) is 0 Å². The Morgan fingerprint density at radius 2 is 1.60 bits per heavy atom. The third-order valence-corrected chi connectivity index (χ3v) is 2.13. The number of hydrogen-bond acceptors (Lipinski definition) is 5. The lowest BCUT2D eigenvalue weighted by Crippen LogP contribution is -2.50. The molecule has 7 nitrogen and oxygen atoms in total. The van der Waals surface area contributed by atoms with Crippen molar-refractivity contribution in [2.75, 3.05) is 6.61 Å². The van der Waals surface area contributed by atoms with Crippen LogP contribution in [0.15, 0.2) is 0 Å². The SMILES string of the molecule is CCOC(=O)C(C)NC(=O)C(C)NC(=O)OC(C)(C)C. The highest BCUT2D eigenvalue weighted by molar-refractivity contribution is 5.89. The molecule has 2 N–H and O–H groups in total. The predicted octanol–water partition coefficient (Wildman–Crippen LogP) is 0.967. The van der Waals surface area contributed by atoms with Crippen molar-refractivity contribution in [1.82, 2.24) is 10.6 Å². The molecule has 0 radical (unpaired) electrons. The molecule has 0 rings (SSSR count). The van der Waals surface area contributed by atoms with E-state index in [0.717, 1.165) is 0 Å². The van der Waals surface area contributed by atoms with Crippen LogP contribution >= 0.6 is 0 Å². The molecule has 0 aromatic carbocycles. The van der Waals surface area contributed by atoms with Crippen molar-refractivity contribution >= 4 is 18.0 Å². The number of ether oxygens (including phenoxy) is 2. The van der Waals surface area contributed by atoms with Gasteiger partial charge in [-0.3, -0.25) is 4.79 Å². The summed E-state index contributed by atoms with van der Waals surface area (Å²) >= 11 is 0. The molecule has 0 aliphatic carbocycles. The van der Waals surface area contributed by atoms with E-state index in [2.05, 4.69) is 10.6 Å². The molecule has 0 heterocycles. The van der Waals surface area contributed by atoms with Gasteiger partial charge < -0.3 is 20.1 Å². The Balaban J connectivity index is 4.28. The zero-order valence-corrected chi connectivity index (χ0v) is 12.9. The first kappa shape index (κ1) is 18.2. The zero-order chi connectivity index (χ0) is 15.9. The molecular formula is C13H24N2O5. The van der Waals surface area contributed by atoms with Crippen LogP contribution < -0.4 is 10.6 Å². The van der Waals surface area contributed by atoms with E-state index in [9.17, 15) is 14.4 Å². The predicted molar refractivity (Wildman–Crippen MR) is 73.1 cm³/mol. The third kappa shape index (κ3) is 7.60. The highest BCUT2D eigenvalue weighted by atomic mass is 16.6. The highest BCUT2D eigenvalue weighted by Crippen LogP contribution is 2.06. The Morgan fingerprint density at radius 3 is 2.05 bits per heavy atom. The lowest BCUT2D eigenvalue weighted by molar-refractivity contribution is -0.147. The number of amides is 2. The molecule has 0 fully saturated rings. The van der Waals surface area contributed by atoms with Crippen LogP contribution in [0.1, 0.15) is 41.5 Å². The third-order valence-electron chi connectivity index (χ3n) is 2.13. The summed E-state index contributed by atoms with van der Waals surface area (Å²) in [7, 11) is 0. The summed E-state index contributed by atoms with van der Waals surface area (Å²) in [6.45, 7) is 10.1. The Labute approximate surface area is 119 Å². The summed E-state index contributed by atoms with van der Waals surface area (Å²) in [6, 6.07) is -1.59. The van der Waals surface area contributed by atoms with Crippen molar-refractivity contribution in [3.63, 3.8) is 0 Å². The summed E-state index contributed by atoms with van der Waals surface area (Å²) in [5, 5.41) is 4.84. The quantitative estimate of drug-likeness (QED) is 0.735. The first-order chi connectivity index (χ1) is 9.06. The monoisotopic (exact) mass is 288 g/mol. The molecule has 0 saturated heterocycles. The second-order valence-corrected chi connectivity index (χ2v) is 5.35. The molecule has 116 valence electrons. The zero-order valence-electron chi connectivity index (χ0n) is 12.9. The van der Waals surface area contributed by atoms with Crippen LogP contribution in [0.3, 0.4) is 0 Å². The van der Waals surface area contributed by atoms with Crippen LogP contribution in [0, 0.1) is 0 Å². The Bertz CT molecular complexity index is 362. The van der Waals surface area contributed by atoms with Crippen LogP contribution in [0.5, 0.6) is 0 Å². The van der Waals surface area contributed by atoms with E-state index >= 15 is 0 Å². The second-order valence-electron chi connectivity index (χ2n) is 5.35. The van der Waals surface area contributed by atoms with Crippen LogP contribution in [0.2, 0.25) is 0 Å². The topological polar surface area (TPSA) is 93.7 Å². The maximum absolute atomic E-state index is 11.8. The minimum Gasteiger partial charge on any atom is -0.464 e. The number of hydrogen-bond donors (Lipinski definition) is 2. The Morgan fingerprint density at radius 1 is 1.05 bits per heavy atom. The normalized spacial score (nSPS) is 13.9. The molecule has 0 spiro atoms. The van der Waals surface area contributed by atoms with Gasteiger partial charge in [-0.15, -0.1) is 0 Å². The van der Waals surface area contributed by atoms with Gasteiger partial charge in [-0.05, 0) is 41.5 Å². The maximum atomic E-state index is 11.8. The van der Waals surface area contributed by atoms with Crippen molar-refractivity contribution in [3.8, 4) is 0 Å². The molecule has 2 unspecified atom stereocenters. The molecule has 0 aliphatic heterocycles. The summed E-state index contributed by atoms with van der Waals surface area (Å²) in [6.07, 6.45) is -0.691. The molecular weight excluding hydrogens is 264 g/mol. The number of esters is 1. The van der Waals surface area contributed by atoms with Gasteiger partial charge in [0.25, 0.3) is 0 Å². The molecule has 0 saturated carbocycles. The first-order valence-electron chi connectivity index (χ1n) is 6.53. The van der Waals surface area contributed by atoms with E-state index in [4.69, 9.17) is 9.47 Å². The van der Waals surface area contributed by atoms with E-state index in [-0.39, 0.29) is 6.61 Å². The van der Waals surface area contributed by atoms with Gasteiger partial charge in [-0.2, -0.15) is 0 Å². The van der Waals surface area contributed by atoms with Crippen molar-refractivity contribution in [2.45, 2.75) is 59.2 Å². The Hall–Kier alpha value is -1.79. The summed E-state index contributed by atoms with van der Waals surface area (Å²) in [5.74, 6) is -1.01. The highest BCUT2D eigenvalue weighted by Gasteiger charge is 2.23. The van der Waals surface area contributed by atoms with Gasteiger partial charge in [0.05, 0.1) is 6.61 Å². The van der Waals surface area contributed by atoms with Gasteiger partial charge in [-0.25, -0.2) is 9.59 Å². The number of alkyl carbamates (subject to hydrolysis) is 1. The van der Waals surface area contributed by atoms with E-state index in [1.54, 1.807) is 27.7 Å². The average Bonchev–Trinajstić information content (AvgIpc) is 2.26. The van der Waals surface area contributed by atoms with Crippen LogP contribution in [0.4, 0.5) is 4.79 Å². The smallest absolute Gasteiger partial charge is 0.408 e. The lowest BCUT2D eigenvalue weighted by atomic mass is 10.2. The van der Waals surface area contributed by atoms with Gasteiger partial charge in [0.15, 0.2) is 0 Å². The molecule has 0 aliphatic rings. The summed E-state index contributed by atoms with van der Waals surface area (Å²) in [5.41, 5.74) is -0.640. The van der Waals surface area contributed by atoms with Gasteiger partial charge in [0.1, 0.15) is 17.7 Å². The average molecular weight is 288 g/mol. The van der Waals surface area contributed by atoms with Crippen molar-refractivity contribution in [1.29, 1.82) is 0 Å². The largest absolute Gasteiger partial charge is 0.464 e. The van der Waals surface area contributed by atoms with Gasteiger partial charge in [-0.1, -0.05) is 0 Å². The minimum absolute atomic E-state index is 0.241. The molecule has 0 aromatic heterocycles. The minimum atomic E-state index is -0.818. The van der Waals surface area contributed by atoms with Crippen LogP contribution in [-0.4, -0.2) is 42.3 Å². The molecule has 0 aromatic rings. The standard InChI is InChI=1S/C13H24N2O5/c1-7-19-11(17)9(3)14-10(16)8(2)15-12(18)20-13(4,5)6/h8-9H,7H2,1-6H3,(H,14,16)(H,15,18). The van der Waals surface area contributed by atoms with E-state index in [1.165, 1.54) is 13.8 Å². The van der Waals surface area contributed by atoms with E-state index < -0.39 is 35.7 Å². The first-order valence-corrected chi connectivity index (χ1v) is 6.53. The van der Waals surface area contributed by atoms with Gasteiger partial charge in [0, 0.05) is 0 Å².